The number of allylic oxidation sites excluding steroid dienone is 1. The van der Waals surface area contributed by atoms with Crippen LogP contribution in [-0.2, 0) is 4.79 Å². The lowest BCUT2D eigenvalue weighted by Gasteiger charge is -2.26. The molecule has 1 saturated carbocycles. The van der Waals surface area contributed by atoms with Crippen molar-refractivity contribution < 1.29 is 4.79 Å². The molecular weight excluding hydrogens is 188 g/mol. The fourth-order valence-corrected chi connectivity index (χ4v) is 1.97. The lowest BCUT2D eigenvalue weighted by molar-refractivity contribution is -0.122. The molecule has 1 fully saturated rings. The van der Waals surface area contributed by atoms with Gasteiger partial charge in [0.1, 0.15) is 0 Å². The fraction of sp³-hybridized carbons (Fsp3) is 0.750. The zero-order valence-corrected chi connectivity index (χ0v) is 9.37. The predicted molar refractivity (Wildman–Crippen MR) is 62.4 cm³/mol. The van der Waals surface area contributed by atoms with E-state index < -0.39 is 0 Å². The van der Waals surface area contributed by atoms with E-state index in [1.165, 1.54) is 0 Å². The van der Waals surface area contributed by atoms with Crippen LogP contribution in [0, 0.1) is 0 Å². The van der Waals surface area contributed by atoms with Gasteiger partial charge in [-0.15, -0.1) is 6.58 Å². The average molecular weight is 210 g/mol. The van der Waals surface area contributed by atoms with Gasteiger partial charge in [0.15, 0.2) is 0 Å². The molecule has 0 saturated heterocycles. The molecule has 0 bridgehead atoms. The molecular formula is C12H22N2O. The molecule has 0 aliphatic heterocycles. The minimum absolute atomic E-state index is 0.178. The van der Waals surface area contributed by atoms with E-state index in [1.54, 1.807) is 0 Å². The molecule has 0 unspecified atom stereocenters. The van der Waals surface area contributed by atoms with Crippen molar-refractivity contribution in [2.45, 2.75) is 57.0 Å². The zero-order valence-electron chi connectivity index (χ0n) is 9.37. The number of rotatable bonds is 5. The van der Waals surface area contributed by atoms with Crippen molar-refractivity contribution in [3.63, 3.8) is 0 Å². The van der Waals surface area contributed by atoms with Gasteiger partial charge in [0.2, 0.25) is 5.91 Å². The van der Waals surface area contributed by atoms with Gasteiger partial charge in [0.05, 0.1) is 0 Å². The van der Waals surface area contributed by atoms with E-state index in [-0.39, 0.29) is 5.91 Å². The summed E-state index contributed by atoms with van der Waals surface area (Å²) in [6, 6.07) is 0.708. The molecule has 1 rings (SSSR count). The summed E-state index contributed by atoms with van der Waals surface area (Å²) in [5.74, 6) is 0.178. The molecule has 0 heterocycles. The molecule has 0 spiro atoms. The van der Waals surface area contributed by atoms with Crippen molar-refractivity contribution in [1.82, 2.24) is 5.32 Å². The average Bonchev–Trinajstić information content (AvgIpc) is 2.22. The highest BCUT2D eigenvalue weighted by atomic mass is 16.1. The molecule has 0 aromatic rings. The van der Waals surface area contributed by atoms with Crippen LogP contribution in [0.15, 0.2) is 12.7 Å². The third-order valence-electron chi connectivity index (χ3n) is 2.95. The number of hydrogen-bond donors (Lipinski definition) is 2. The smallest absolute Gasteiger partial charge is 0.220 e. The zero-order chi connectivity index (χ0) is 11.1. The van der Waals surface area contributed by atoms with Crippen molar-refractivity contribution >= 4 is 5.91 Å². The Labute approximate surface area is 92.1 Å². The fourth-order valence-electron chi connectivity index (χ4n) is 1.97. The van der Waals surface area contributed by atoms with Gasteiger partial charge in [-0.3, -0.25) is 4.79 Å². The number of carbonyl (C=O) groups is 1. The number of nitrogens with one attached hydrogen (secondary N) is 1. The lowest BCUT2D eigenvalue weighted by atomic mass is 9.92. The minimum atomic E-state index is 0.178. The standard InChI is InChI=1S/C12H22N2O/c1-2-3-4-5-12(15)14-11-8-6-10(13)7-9-11/h2,10-11H,1,3-9,13H2,(H,14,15). The summed E-state index contributed by atoms with van der Waals surface area (Å²) in [6.07, 6.45) is 8.45. The molecule has 0 aromatic carbocycles. The summed E-state index contributed by atoms with van der Waals surface area (Å²) >= 11 is 0. The first-order chi connectivity index (χ1) is 7.22. The predicted octanol–water partition coefficient (Wildman–Crippen LogP) is 1.73. The third kappa shape index (κ3) is 4.98. The Morgan fingerprint density at radius 3 is 2.67 bits per heavy atom. The second kappa shape index (κ2) is 6.62. The van der Waals surface area contributed by atoms with Crippen LogP contribution in [0.1, 0.15) is 44.9 Å². The van der Waals surface area contributed by atoms with Gasteiger partial charge in [-0.05, 0) is 38.5 Å². The van der Waals surface area contributed by atoms with Gasteiger partial charge >= 0.3 is 0 Å². The highest BCUT2D eigenvalue weighted by Crippen LogP contribution is 2.17. The van der Waals surface area contributed by atoms with Crippen molar-refractivity contribution in [1.29, 1.82) is 0 Å². The molecule has 15 heavy (non-hydrogen) atoms. The minimum Gasteiger partial charge on any atom is -0.353 e. The second-order valence-electron chi connectivity index (χ2n) is 4.36. The lowest BCUT2D eigenvalue weighted by Crippen LogP contribution is -2.40. The van der Waals surface area contributed by atoms with Gasteiger partial charge < -0.3 is 11.1 Å². The number of amides is 1. The van der Waals surface area contributed by atoms with E-state index in [9.17, 15) is 4.79 Å². The number of carbonyl (C=O) groups excluding carboxylic acids is 1. The highest BCUT2D eigenvalue weighted by molar-refractivity contribution is 5.76. The Balaban J connectivity index is 2.12. The van der Waals surface area contributed by atoms with Crippen molar-refractivity contribution in [3.8, 4) is 0 Å². The van der Waals surface area contributed by atoms with Crippen molar-refractivity contribution in [3.05, 3.63) is 12.7 Å². The van der Waals surface area contributed by atoms with Gasteiger partial charge in [0.25, 0.3) is 0 Å². The molecule has 1 amide bonds. The van der Waals surface area contributed by atoms with E-state index in [4.69, 9.17) is 5.73 Å². The molecule has 3 N–H and O–H groups in total. The van der Waals surface area contributed by atoms with Crippen LogP contribution >= 0.6 is 0 Å². The van der Waals surface area contributed by atoms with E-state index >= 15 is 0 Å². The molecule has 0 atom stereocenters. The Hall–Kier alpha value is -0.830. The number of unbranched alkanes of at least 4 members (excludes halogenated alkanes) is 1. The summed E-state index contributed by atoms with van der Waals surface area (Å²) in [5.41, 5.74) is 5.80. The van der Waals surface area contributed by atoms with E-state index in [0.717, 1.165) is 38.5 Å². The topological polar surface area (TPSA) is 55.1 Å². The van der Waals surface area contributed by atoms with Crippen LogP contribution in [0.4, 0.5) is 0 Å². The maximum Gasteiger partial charge on any atom is 0.220 e. The number of hydrogen-bond acceptors (Lipinski definition) is 2. The van der Waals surface area contributed by atoms with Crippen LogP contribution < -0.4 is 11.1 Å². The quantitative estimate of drug-likeness (QED) is 0.536. The first-order valence-corrected chi connectivity index (χ1v) is 5.88. The normalized spacial score (nSPS) is 25.9. The second-order valence-corrected chi connectivity index (χ2v) is 4.36. The van der Waals surface area contributed by atoms with E-state index in [1.807, 2.05) is 6.08 Å². The monoisotopic (exact) mass is 210 g/mol. The van der Waals surface area contributed by atoms with Gasteiger partial charge in [-0.2, -0.15) is 0 Å². The maximum atomic E-state index is 11.5. The van der Waals surface area contributed by atoms with Crippen molar-refractivity contribution in [2.24, 2.45) is 5.73 Å². The van der Waals surface area contributed by atoms with Crippen LogP contribution in [0.25, 0.3) is 0 Å². The molecule has 0 aromatic heterocycles. The largest absolute Gasteiger partial charge is 0.353 e. The van der Waals surface area contributed by atoms with Crippen molar-refractivity contribution in [2.75, 3.05) is 0 Å². The Morgan fingerprint density at radius 2 is 2.07 bits per heavy atom. The molecule has 0 radical (unpaired) electrons. The Morgan fingerprint density at radius 1 is 1.40 bits per heavy atom. The van der Waals surface area contributed by atoms with Crippen LogP contribution in [0.5, 0.6) is 0 Å². The molecule has 86 valence electrons. The van der Waals surface area contributed by atoms with Gasteiger partial charge in [-0.25, -0.2) is 0 Å². The Bertz CT molecular complexity index is 208. The van der Waals surface area contributed by atoms with E-state index in [0.29, 0.717) is 18.5 Å². The van der Waals surface area contributed by atoms with Gasteiger partial charge in [0, 0.05) is 18.5 Å². The summed E-state index contributed by atoms with van der Waals surface area (Å²) in [4.78, 5) is 11.5. The Kier molecular flexibility index (Phi) is 5.40. The first kappa shape index (κ1) is 12.2. The molecule has 1 aliphatic carbocycles. The van der Waals surface area contributed by atoms with Crippen LogP contribution in [-0.4, -0.2) is 18.0 Å². The molecule has 1 aliphatic rings. The van der Waals surface area contributed by atoms with Gasteiger partial charge in [-0.1, -0.05) is 6.08 Å². The van der Waals surface area contributed by atoms with Crippen LogP contribution in [0.3, 0.4) is 0 Å². The first-order valence-electron chi connectivity index (χ1n) is 5.88. The SMILES string of the molecule is C=CCCCC(=O)NC1CCC(N)CC1. The molecule has 3 nitrogen and oxygen atoms in total. The number of nitrogens with two attached hydrogens (primary N) is 1. The summed E-state index contributed by atoms with van der Waals surface area (Å²) < 4.78 is 0. The van der Waals surface area contributed by atoms with E-state index in [2.05, 4.69) is 11.9 Å². The van der Waals surface area contributed by atoms with Crippen LogP contribution in [0.2, 0.25) is 0 Å². The molecule has 3 heteroatoms. The summed E-state index contributed by atoms with van der Waals surface area (Å²) in [6.45, 7) is 3.64. The highest BCUT2D eigenvalue weighted by Gasteiger charge is 2.19. The summed E-state index contributed by atoms with van der Waals surface area (Å²) in [5, 5.41) is 3.07. The third-order valence-corrected chi connectivity index (χ3v) is 2.95. The maximum absolute atomic E-state index is 11.5. The summed E-state index contributed by atoms with van der Waals surface area (Å²) in [7, 11) is 0.